The van der Waals surface area contributed by atoms with E-state index in [9.17, 15) is 14.0 Å². The average Bonchev–Trinajstić information content (AvgIpc) is 2.64. The maximum absolute atomic E-state index is 13.2. The van der Waals surface area contributed by atoms with Gasteiger partial charge in [-0.2, -0.15) is 0 Å². The molecule has 2 aromatic carbocycles. The van der Waals surface area contributed by atoms with Crippen molar-refractivity contribution in [3.63, 3.8) is 0 Å². The van der Waals surface area contributed by atoms with E-state index in [1.807, 2.05) is 31.2 Å². The monoisotopic (exact) mass is 369 g/mol. The molecule has 0 bridgehead atoms. The molecule has 0 unspecified atom stereocenters. The molecular weight excluding hydrogens is 345 g/mol. The third kappa shape index (κ3) is 4.17. The van der Waals surface area contributed by atoms with Gasteiger partial charge in [-0.25, -0.2) is 4.39 Å². The number of rotatable bonds is 4. The van der Waals surface area contributed by atoms with E-state index < -0.39 is 6.04 Å². The van der Waals surface area contributed by atoms with Gasteiger partial charge in [-0.15, -0.1) is 0 Å². The lowest BCUT2D eigenvalue weighted by atomic mass is 10.0. The first-order valence-electron chi connectivity index (χ1n) is 8.94. The number of halogens is 1. The van der Waals surface area contributed by atoms with Crippen LogP contribution >= 0.6 is 0 Å². The van der Waals surface area contributed by atoms with Gasteiger partial charge in [0.25, 0.3) is 0 Å². The Labute approximate surface area is 159 Å². The maximum Gasteiger partial charge on any atom is 0.246 e. The Kier molecular flexibility index (Phi) is 5.56. The summed E-state index contributed by atoms with van der Waals surface area (Å²) in [6, 6.07) is 13.2. The Hall–Kier alpha value is -2.73. The number of carbonyl (C=O) groups is 2. The first kappa shape index (κ1) is 19.0. The Balaban J connectivity index is 1.74. The summed E-state index contributed by atoms with van der Waals surface area (Å²) in [5.41, 5.74) is 2.69. The van der Waals surface area contributed by atoms with Crippen molar-refractivity contribution in [3.8, 4) is 0 Å². The van der Waals surface area contributed by atoms with Gasteiger partial charge in [0.15, 0.2) is 0 Å². The molecule has 0 aromatic heterocycles. The smallest absolute Gasteiger partial charge is 0.246 e. The Morgan fingerprint density at radius 2 is 1.67 bits per heavy atom. The minimum absolute atomic E-state index is 0.0399. The second-order valence-electron chi connectivity index (χ2n) is 7.06. The number of anilines is 1. The van der Waals surface area contributed by atoms with Crippen LogP contribution in [-0.2, 0) is 9.59 Å². The topological polar surface area (TPSA) is 43.9 Å². The SMILES string of the molecule is Cc1ccc(N2CCN(C(=O)[C@@H](c3ccc(F)cc3)N(C)C)CC2=O)cc1. The fourth-order valence-corrected chi connectivity index (χ4v) is 3.34. The van der Waals surface area contributed by atoms with Crippen LogP contribution in [0, 0.1) is 12.7 Å². The third-order valence-electron chi connectivity index (χ3n) is 4.81. The molecule has 0 saturated carbocycles. The lowest BCUT2D eigenvalue weighted by Gasteiger charge is -2.37. The van der Waals surface area contributed by atoms with Crippen LogP contribution in [-0.4, -0.2) is 55.3 Å². The fraction of sp³-hybridized carbons (Fsp3) is 0.333. The highest BCUT2D eigenvalue weighted by Gasteiger charge is 2.33. The second kappa shape index (κ2) is 7.88. The lowest BCUT2D eigenvalue weighted by molar-refractivity contribution is -0.141. The van der Waals surface area contributed by atoms with E-state index in [-0.39, 0.29) is 24.2 Å². The number of nitrogens with zero attached hydrogens (tertiary/aromatic N) is 3. The van der Waals surface area contributed by atoms with Gasteiger partial charge >= 0.3 is 0 Å². The predicted molar refractivity (Wildman–Crippen MR) is 103 cm³/mol. The highest BCUT2D eigenvalue weighted by Crippen LogP contribution is 2.24. The first-order valence-corrected chi connectivity index (χ1v) is 8.94. The molecule has 2 aromatic rings. The molecule has 1 aliphatic heterocycles. The average molecular weight is 369 g/mol. The van der Waals surface area contributed by atoms with Gasteiger partial charge in [0, 0.05) is 18.8 Å². The number of hydrogen-bond acceptors (Lipinski definition) is 3. The fourth-order valence-electron chi connectivity index (χ4n) is 3.34. The van der Waals surface area contributed by atoms with Crippen LogP contribution in [0.25, 0.3) is 0 Å². The van der Waals surface area contributed by atoms with E-state index in [0.29, 0.717) is 18.7 Å². The number of piperazine rings is 1. The largest absolute Gasteiger partial charge is 0.330 e. The normalized spacial score (nSPS) is 16.0. The molecule has 142 valence electrons. The van der Waals surface area contributed by atoms with Gasteiger partial charge < -0.3 is 9.80 Å². The summed E-state index contributed by atoms with van der Waals surface area (Å²) < 4.78 is 13.2. The van der Waals surface area contributed by atoms with E-state index in [1.165, 1.54) is 12.1 Å². The number of benzene rings is 2. The van der Waals surface area contributed by atoms with Crippen LogP contribution in [0.2, 0.25) is 0 Å². The van der Waals surface area contributed by atoms with Gasteiger partial charge in [0.2, 0.25) is 11.8 Å². The molecule has 1 saturated heterocycles. The van der Waals surface area contributed by atoms with E-state index in [1.54, 1.807) is 40.9 Å². The summed E-state index contributed by atoms with van der Waals surface area (Å²) in [5, 5.41) is 0. The number of likely N-dealkylation sites (N-methyl/N-ethyl adjacent to an activating group) is 1. The van der Waals surface area contributed by atoms with E-state index in [0.717, 1.165) is 11.3 Å². The van der Waals surface area contributed by atoms with Crippen molar-refractivity contribution < 1.29 is 14.0 Å². The molecule has 0 N–H and O–H groups in total. The zero-order valence-electron chi connectivity index (χ0n) is 15.9. The number of aryl methyl sites for hydroxylation is 1. The van der Waals surface area contributed by atoms with Gasteiger partial charge in [-0.3, -0.25) is 14.5 Å². The summed E-state index contributed by atoms with van der Waals surface area (Å²) in [5.74, 6) is -0.593. The third-order valence-corrected chi connectivity index (χ3v) is 4.81. The number of carbonyl (C=O) groups excluding carboxylic acids is 2. The number of hydrogen-bond donors (Lipinski definition) is 0. The van der Waals surface area contributed by atoms with Crippen molar-refractivity contribution in [2.45, 2.75) is 13.0 Å². The molecule has 2 amide bonds. The molecule has 1 fully saturated rings. The summed E-state index contributed by atoms with van der Waals surface area (Å²) in [7, 11) is 3.60. The zero-order chi connectivity index (χ0) is 19.6. The molecule has 0 aliphatic carbocycles. The molecule has 1 heterocycles. The van der Waals surface area contributed by atoms with E-state index in [4.69, 9.17) is 0 Å². The standard InChI is InChI=1S/C21H24FN3O2/c1-15-4-10-18(11-5-15)25-13-12-24(14-19(25)26)21(27)20(23(2)3)16-6-8-17(22)9-7-16/h4-11,20H,12-14H2,1-3H3/t20-/m1/s1. The van der Waals surface area contributed by atoms with Crippen LogP contribution in [0.1, 0.15) is 17.2 Å². The highest BCUT2D eigenvalue weighted by molar-refractivity contribution is 5.98. The first-order chi connectivity index (χ1) is 12.9. The lowest BCUT2D eigenvalue weighted by Crippen LogP contribution is -2.54. The zero-order valence-corrected chi connectivity index (χ0v) is 15.9. The van der Waals surface area contributed by atoms with Crippen molar-refractivity contribution in [2.24, 2.45) is 0 Å². The molecule has 3 rings (SSSR count). The Bertz CT molecular complexity index is 818. The van der Waals surface area contributed by atoms with Gasteiger partial charge in [0.1, 0.15) is 18.4 Å². The van der Waals surface area contributed by atoms with Crippen molar-refractivity contribution in [1.82, 2.24) is 9.80 Å². The summed E-state index contributed by atoms with van der Waals surface area (Å²) in [6.07, 6.45) is 0. The predicted octanol–water partition coefficient (Wildman–Crippen LogP) is 2.61. The summed E-state index contributed by atoms with van der Waals surface area (Å²) in [4.78, 5) is 30.8. The number of amides is 2. The van der Waals surface area contributed by atoms with Crippen molar-refractivity contribution in [3.05, 3.63) is 65.5 Å². The molecule has 1 atom stereocenters. The Morgan fingerprint density at radius 1 is 1.04 bits per heavy atom. The van der Waals surface area contributed by atoms with Gasteiger partial charge in [0.05, 0.1) is 0 Å². The highest BCUT2D eigenvalue weighted by atomic mass is 19.1. The second-order valence-corrected chi connectivity index (χ2v) is 7.06. The molecule has 0 spiro atoms. The van der Waals surface area contributed by atoms with E-state index >= 15 is 0 Å². The summed E-state index contributed by atoms with van der Waals surface area (Å²) in [6.45, 7) is 2.96. The molecular formula is C21H24FN3O2. The van der Waals surface area contributed by atoms with Crippen LogP contribution < -0.4 is 4.90 Å². The summed E-state index contributed by atoms with van der Waals surface area (Å²) >= 11 is 0. The molecule has 27 heavy (non-hydrogen) atoms. The molecule has 6 heteroatoms. The minimum Gasteiger partial charge on any atom is -0.330 e. The quantitative estimate of drug-likeness (QED) is 0.832. The van der Waals surface area contributed by atoms with Crippen LogP contribution in [0.5, 0.6) is 0 Å². The van der Waals surface area contributed by atoms with Crippen molar-refractivity contribution in [1.29, 1.82) is 0 Å². The maximum atomic E-state index is 13.2. The van der Waals surface area contributed by atoms with Crippen molar-refractivity contribution in [2.75, 3.05) is 38.6 Å². The minimum atomic E-state index is -0.552. The molecule has 1 aliphatic rings. The van der Waals surface area contributed by atoms with Crippen molar-refractivity contribution >= 4 is 17.5 Å². The van der Waals surface area contributed by atoms with Crippen LogP contribution in [0.4, 0.5) is 10.1 Å². The Morgan fingerprint density at radius 3 is 2.22 bits per heavy atom. The van der Waals surface area contributed by atoms with E-state index in [2.05, 4.69) is 0 Å². The van der Waals surface area contributed by atoms with Crippen LogP contribution in [0.3, 0.4) is 0 Å². The van der Waals surface area contributed by atoms with Gasteiger partial charge in [-0.1, -0.05) is 29.8 Å². The molecule has 5 nitrogen and oxygen atoms in total. The van der Waals surface area contributed by atoms with Gasteiger partial charge in [-0.05, 0) is 50.8 Å². The van der Waals surface area contributed by atoms with Crippen LogP contribution in [0.15, 0.2) is 48.5 Å². The molecule has 0 radical (unpaired) electrons.